The van der Waals surface area contributed by atoms with Crippen molar-refractivity contribution >= 4 is 23.1 Å². The number of nitrogens with zero attached hydrogens (tertiary/aromatic N) is 1. The minimum Gasteiger partial charge on any atom is -0.371 e. The molecule has 1 amide bonds. The number of amides is 1. The van der Waals surface area contributed by atoms with Gasteiger partial charge in [0, 0.05) is 12.6 Å². The molecular formula is C21H25N5O. The molecule has 2 aromatic rings. The normalized spacial score (nSPS) is 19.1. The first-order valence-electron chi connectivity index (χ1n) is 9.41. The zero-order chi connectivity index (χ0) is 18.7. The van der Waals surface area contributed by atoms with Crippen molar-refractivity contribution in [2.45, 2.75) is 24.9 Å². The summed E-state index contributed by atoms with van der Waals surface area (Å²) >= 11 is 0. The lowest BCUT2D eigenvalue weighted by Gasteiger charge is -2.44. The van der Waals surface area contributed by atoms with Crippen molar-refractivity contribution in [3.63, 3.8) is 0 Å². The van der Waals surface area contributed by atoms with E-state index in [-0.39, 0.29) is 11.4 Å². The second kappa shape index (κ2) is 7.40. The second-order valence-electron chi connectivity index (χ2n) is 7.07. The number of rotatable bonds is 3. The number of benzene rings is 2. The number of hydrogen-bond acceptors (Lipinski definition) is 4. The molecule has 2 aliphatic rings. The van der Waals surface area contributed by atoms with Gasteiger partial charge in [-0.05, 0) is 55.8 Å². The van der Waals surface area contributed by atoms with Crippen LogP contribution in [0.3, 0.4) is 0 Å². The van der Waals surface area contributed by atoms with Gasteiger partial charge >= 0.3 is 0 Å². The van der Waals surface area contributed by atoms with Gasteiger partial charge in [-0.1, -0.05) is 24.3 Å². The van der Waals surface area contributed by atoms with Crippen molar-refractivity contribution in [2.75, 3.05) is 30.8 Å². The summed E-state index contributed by atoms with van der Waals surface area (Å²) < 4.78 is 0. The molecule has 2 aliphatic heterocycles. The van der Waals surface area contributed by atoms with Crippen LogP contribution in [0.5, 0.6) is 0 Å². The van der Waals surface area contributed by atoms with Crippen LogP contribution in [0.4, 0.5) is 11.4 Å². The molecule has 1 spiro atoms. The van der Waals surface area contributed by atoms with Crippen LogP contribution >= 0.6 is 0 Å². The zero-order valence-electron chi connectivity index (χ0n) is 15.5. The van der Waals surface area contributed by atoms with Crippen molar-refractivity contribution in [3.05, 3.63) is 59.7 Å². The lowest BCUT2D eigenvalue weighted by Crippen LogP contribution is -2.57. The van der Waals surface area contributed by atoms with E-state index in [1.807, 2.05) is 30.3 Å². The molecule has 0 atom stereocenters. The maximum Gasteiger partial charge on any atom is 0.251 e. The third-order valence-corrected chi connectivity index (χ3v) is 5.33. The van der Waals surface area contributed by atoms with Crippen molar-refractivity contribution in [1.29, 1.82) is 0 Å². The molecule has 0 aliphatic carbocycles. The number of hydrogen-bond donors (Lipinski definition) is 4. The standard InChI is InChI=1S/C21H25N5O/c1-22-19(27)16-8-6-15(7-9-16)14-24-20-21(10-12-23-13-11-21)26-18-5-3-2-4-17(18)25-20/h2-9,23,26H,10-14H2,1H3,(H,22,27)(H,24,25). The number of nitrogens with one attached hydrogen (secondary N) is 4. The van der Waals surface area contributed by atoms with Gasteiger partial charge < -0.3 is 21.3 Å². The van der Waals surface area contributed by atoms with Crippen LogP contribution < -0.4 is 21.3 Å². The molecule has 4 N–H and O–H groups in total. The van der Waals surface area contributed by atoms with E-state index in [0.29, 0.717) is 12.1 Å². The minimum absolute atomic E-state index is 0.0729. The summed E-state index contributed by atoms with van der Waals surface area (Å²) in [5, 5.41) is 13.4. The highest BCUT2D eigenvalue weighted by atomic mass is 16.1. The molecule has 6 heteroatoms. The number of fused-ring (bicyclic) bond motifs is 1. The Balaban J connectivity index is 1.59. The third-order valence-electron chi connectivity index (χ3n) is 5.33. The number of para-hydroxylation sites is 2. The Morgan fingerprint density at radius 1 is 1.07 bits per heavy atom. The molecular weight excluding hydrogens is 338 g/mol. The average Bonchev–Trinajstić information content (AvgIpc) is 2.72. The first-order chi connectivity index (χ1) is 13.2. The Morgan fingerprint density at radius 2 is 1.78 bits per heavy atom. The van der Waals surface area contributed by atoms with Gasteiger partial charge in [0.25, 0.3) is 5.91 Å². The van der Waals surface area contributed by atoms with Gasteiger partial charge in [0.1, 0.15) is 5.84 Å². The van der Waals surface area contributed by atoms with Gasteiger partial charge in [0.05, 0.1) is 23.5 Å². The molecule has 140 valence electrons. The number of aliphatic imine (C=N–C) groups is 1. The van der Waals surface area contributed by atoms with Gasteiger partial charge in [-0.15, -0.1) is 0 Å². The summed E-state index contributed by atoms with van der Waals surface area (Å²) in [4.78, 5) is 16.6. The van der Waals surface area contributed by atoms with Gasteiger partial charge in [-0.3, -0.25) is 9.79 Å². The van der Waals surface area contributed by atoms with E-state index < -0.39 is 0 Å². The fourth-order valence-electron chi connectivity index (χ4n) is 3.75. The Hall–Kier alpha value is -2.86. The van der Waals surface area contributed by atoms with Crippen LogP contribution in [-0.4, -0.2) is 37.4 Å². The Labute approximate surface area is 159 Å². The SMILES string of the molecule is CNC(=O)c1ccc(CN=C2Nc3ccccc3NC23CCNCC3)cc1. The van der Waals surface area contributed by atoms with Crippen LogP contribution in [0.1, 0.15) is 28.8 Å². The van der Waals surface area contributed by atoms with Gasteiger partial charge in [0.2, 0.25) is 0 Å². The van der Waals surface area contributed by atoms with Gasteiger partial charge in [0.15, 0.2) is 0 Å². The molecule has 2 aromatic carbocycles. The molecule has 0 saturated carbocycles. The molecule has 27 heavy (non-hydrogen) atoms. The summed E-state index contributed by atoms with van der Waals surface area (Å²) in [6, 6.07) is 15.9. The van der Waals surface area contributed by atoms with Gasteiger partial charge in [-0.2, -0.15) is 0 Å². The van der Waals surface area contributed by atoms with Crippen LogP contribution in [0.25, 0.3) is 0 Å². The lowest BCUT2D eigenvalue weighted by atomic mass is 9.84. The fraction of sp³-hybridized carbons (Fsp3) is 0.333. The zero-order valence-corrected chi connectivity index (χ0v) is 15.5. The van der Waals surface area contributed by atoms with Crippen LogP contribution in [0.2, 0.25) is 0 Å². The van der Waals surface area contributed by atoms with E-state index in [9.17, 15) is 4.79 Å². The van der Waals surface area contributed by atoms with E-state index in [0.717, 1.165) is 48.7 Å². The second-order valence-corrected chi connectivity index (χ2v) is 7.07. The molecule has 2 heterocycles. The molecule has 1 fully saturated rings. The first-order valence-corrected chi connectivity index (χ1v) is 9.41. The highest BCUT2D eigenvalue weighted by Gasteiger charge is 2.40. The van der Waals surface area contributed by atoms with Crippen molar-refractivity contribution < 1.29 is 4.79 Å². The van der Waals surface area contributed by atoms with Crippen molar-refractivity contribution in [1.82, 2.24) is 10.6 Å². The predicted molar refractivity (Wildman–Crippen MR) is 109 cm³/mol. The molecule has 0 radical (unpaired) electrons. The molecule has 4 rings (SSSR count). The van der Waals surface area contributed by atoms with Crippen LogP contribution in [-0.2, 0) is 6.54 Å². The maximum absolute atomic E-state index is 11.7. The monoisotopic (exact) mass is 363 g/mol. The number of anilines is 2. The first kappa shape index (κ1) is 17.5. The van der Waals surface area contributed by atoms with Crippen molar-refractivity contribution in [3.8, 4) is 0 Å². The molecule has 0 unspecified atom stereocenters. The smallest absolute Gasteiger partial charge is 0.251 e. The lowest BCUT2D eigenvalue weighted by molar-refractivity contribution is 0.0963. The van der Waals surface area contributed by atoms with E-state index >= 15 is 0 Å². The van der Waals surface area contributed by atoms with Crippen LogP contribution in [0, 0.1) is 0 Å². The molecule has 0 aromatic heterocycles. The van der Waals surface area contributed by atoms with E-state index in [1.54, 1.807) is 7.05 Å². The topological polar surface area (TPSA) is 77.5 Å². The number of amidine groups is 1. The van der Waals surface area contributed by atoms with Crippen molar-refractivity contribution in [2.24, 2.45) is 4.99 Å². The van der Waals surface area contributed by atoms with Crippen LogP contribution in [0.15, 0.2) is 53.5 Å². The Bertz CT molecular complexity index is 853. The third kappa shape index (κ3) is 3.53. The Morgan fingerprint density at radius 3 is 2.48 bits per heavy atom. The van der Waals surface area contributed by atoms with E-state index in [4.69, 9.17) is 4.99 Å². The van der Waals surface area contributed by atoms with E-state index in [1.165, 1.54) is 0 Å². The maximum atomic E-state index is 11.7. The number of carbonyl (C=O) groups is 1. The average molecular weight is 363 g/mol. The highest BCUT2D eigenvalue weighted by molar-refractivity contribution is 6.09. The summed E-state index contributed by atoms with van der Waals surface area (Å²) in [6.07, 6.45) is 1.98. The Kier molecular flexibility index (Phi) is 4.81. The predicted octanol–water partition coefficient (Wildman–Crippen LogP) is 2.60. The molecule has 1 saturated heterocycles. The molecule has 6 nitrogen and oxygen atoms in total. The fourth-order valence-corrected chi connectivity index (χ4v) is 3.75. The van der Waals surface area contributed by atoms with Gasteiger partial charge in [-0.25, -0.2) is 0 Å². The molecule has 0 bridgehead atoms. The number of carbonyl (C=O) groups excluding carboxylic acids is 1. The largest absolute Gasteiger partial charge is 0.371 e. The number of piperidine rings is 1. The quantitative estimate of drug-likeness (QED) is 0.676. The summed E-state index contributed by atoms with van der Waals surface area (Å²) in [6.45, 7) is 2.52. The summed E-state index contributed by atoms with van der Waals surface area (Å²) in [7, 11) is 1.64. The van der Waals surface area contributed by atoms with E-state index in [2.05, 4.69) is 39.5 Å². The minimum atomic E-state index is -0.151. The summed E-state index contributed by atoms with van der Waals surface area (Å²) in [5.41, 5.74) is 3.79. The summed E-state index contributed by atoms with van der Waals surface area (Å²) in [5.74, 6) is 0.925. The highest BCUT2D eigenvalue weighted by Crippen LogP contribution is 2.35.